The zero-order chi connectivity index (χ0) is 20.1. The van der Waals surface area contributed by atoms with Gasteiger partial charge in [-0.2, -0.15) is 0 Å². The summed E-state index contributed by atoms with van der Waals surface area (Å²) in [4.78, 5) is 13.3. The van der Waals surface area contributed by atoms with Gasteiger partial charge in [0.2, 0.25) is 0 Å². The second kappa shape index (κ2) is 9.13. The van der Waals surface area contributed by atoms with Gasteiger partial charge in [0.1, 0.15) is 13.1 Å². The van der Waals surface area contributed by atoms with Gasteiger partial charge in [-0.05, 0) is 24.3 Å². The van der Waals surface area contributed by atoms with E-state index in [0.29, 0.717) is 5.92 Å². The molecule has 0 radical (unpaired) electrons. The van der Waals surface area contributed by atoms with Crippen LogP contribution in [0.2, 0.25) is 0 Å². The highest BCUT2D eigenvalue weighted by molar-refractivity contribution is 5.78. The topological polar surface area (TPSA) is 26.3 Å². The third kappa shape index (κ3) is 5.08. The molecule has 2 aliphatic rings. The first-order chi connectivity index (χ1) is 14.1. The number of hydrogen-bond acceptors (Lipinski definition) is 2. The molecule has 0 N–H and O–H groups in total. The molecule has 29 heavy (non-hydrogen) atoms. The summed E-state index contributed by atoms with van der Waals surface area (Å²) < 4.78 is 7.11. The number of likely N-dealkylation sites (N-methyl/N-ethyl adjacent to an activating group) is 1. The number of rotatable bonds is 6. The highest BCUT2D eigenvalue weighted by Gasteiger charge is 2.39. The van der Waals surface area contributed by atoms with Crippen LogP contribution in [0.3, 0.4) is 0 Å². The molecule has 154 valence electrons. The van der Waals surface area contributed by atoms with Crippen molar-refractivity contribution in [1.29, 1.82) is 0 Å². The van der Waals surface area contributed by atoms with Gasteiger partial charge in [-0.1, -0.05) is 79.9 Å². The lowest BCUT2D eigenvalue weighted by Gasteiger charge is -2.31. The van der Waals surface area contributed by atoms with Gasteiger partial charge in [-0.25, -0.2) is 0 Å². The van der Waals surface area contributed by atoms with Crippen LogP contribution in [-0.4, -0.2) is 36.7 Å². The fourth-order valence-corrected chi connectivity index (χ4v) is 5.36. The maximum atomic E-state index is 13.3. The SMILES string of the molecule is C[N+]1(Cc2ccccc2)CCC(OC(=O)C(c2ccccc2)C2CCCCC2)C1. The molecule has 4 rings (SSSR count). The molecule has 3 heteroatoms. The predicted octanol–water partition coefficient (Wildman–Crippen LogP) is 5.31. The van der Waals surface area contributed by atoms with Crippen molar-refractivity contribution in [2.75, 3.05) is 20.1 Å². The van der Waals surface area contributed by atoms with E-state index < -0.39 is 0 Å². The van der Waals surface area contributed by atoms with E-state index in [1.807, 2.05) is 18.2 Å². The molecule has 1 saturated heterocycles. The van der Waals surface area contributed by atoms with Gasteiger partial charge in [0.25, 0.3) is 0 Å². The Morgan fingerprint density at radius 1 is 0.966 bits per heavy atom. The Balaban J connectivity index is 1.42. The number of quaternary nitrogens is 1. The van der Waals surface area contributed by atoms with Crippen molar-refractivity contribution in [2.45, 2.75) is 57.1 Å². The number of carbonyl (C=O) groups excluding carboxylic acids is 1. The minimum atomic E-state index is -0.107. The molecule has 0 amide bonds. The molecule has 0 bridgehead atoms. The third-order valence-corrected chi connectivity index (χ3v) is 6.86. The molecule has 2 aromatic carbocycles. The predicted molar refractivity (Wildman–Crippen MR) is 116 cm³/mol. The molecule has 3 atom stereocenters. The van der Waals surface area contributed by atoms with E-state index in [1.165, 1.54) is 24.8 Å². The van der Waals surface area contributed by atoms with Crippen LogP contribution in [0.5, 0.6) is 0 Å². The van der Waals surface area contributed by atoms with Crippen molar-refractivity contribution in [1.82, 2.24) is 0 Å². The van der Waals surface area contributed by atoms with Crippen LogP contribution in [0.15, 0.2) is 60.7 Å². The van der Waals surface area contributed by atoms with E-state index in [1.54, 1.807) is 0 Å². The Morgan fingerprint density at radius 3 is 2.31 bits per heavy atom. The fraction of sp³-hybridized carbons (Fsp3) is 0.500. The first-order valence-electron chi connectivity index (χ1n) is 11.3. The van der Waals surface area contributed by atoms with Crippen LogP contribution in [-0.2, 0) is 16.1 Å². The molecule has 1 heterocycles. The summed E-state index contributed by atoms with van der Waals surface area (Å²) in [5.74, 6) is 0.316. The van der Waals surface area contributed by atoms with Crippen molar-refractivity contribution in [3.63, 3.8) is 0 Å². The third-order valence-electron chi connectivity index (χ3n) is 6.86. The number of ether oxygens (including phenoxy) is 1. The highest BCUT2D eigenvalue weighted by atomic mass is 16.5. The summed E-state index contributed by atoms with van der Waals surface area (Å²) in [5.41, 5.74) is 2.48. The van der Waals surface area contributed by atoms with Gasteiger partial charge in [-0.15, -0.1) is 0 Å². The first kappa shape index (κ1) is 20.2. The average Bonchev–Trinajstić information content (AvgIpc) is 3.10. The normalized spacial score (nSPS) is 26.2. The summed E-state index contributed by atoms with van der Waals surface area (Å²) in [6, 6.07) is 21.0. The van der Waals surface area contributed by atoms with Crippen LogP contribution in [0.1, 0.15) is 55.6 Å². The lowest BCUT2D eigenvalue weighted by Crippen LogP contribution is -2.42. The molecule has 1 saturated carbocycles. The summed E-state index contributed by atoms with van der Waals surface area (Å²) in [6.07, 6.45) is 7.04. The number of likely N-dealkylation sites (tertiary alicyclic amines) is 1. The fourth-order valence-electron chi connectivity index (χ4n) is 5.36. The minimum Gasteiger partial charge on any atom is -0.456 e. The zero-order valence-electron chi connectivity index (χ0n) is 17.6. The summed E-state index contributed by atoms with van der Waals surface area (Å²) in [7, 11) is 2.29. The zero-order valence-corrected chi connectivity index (χ0v) is 17.6. The Morgan fingerprint density at radius 2 is 1.62 bits per heavy atom. The van der Waals surface area contributed by atoms with Crippen molar-refractivity contribution in [2.24, 2.45) is 5.92 Å². The van der Waals surface area contributed by atoms with Gasteiger partial charge in [0, 0.05) is 12.0 Å². The van der Waals surface area contributed by atoms with E-state index >= 15 is 0 Å². The van der Waals surface area contributed by atoms with Gasteiger partial charge < -0.3 is 9.22 Å². The maximum Gasteiger partial charge on any atom is 0.314 e. The van der Waals surface area contributed by atoms with Crippen molar-refractivity contribution in [3.8, 4) is 0 Å². The van der Waals surface area contributed by atoms with E-state index in [9.17, 15) is 4.79 Å². The first-order valence-corrected chi connectivity index (χ1v) is 11.3. The van der Waals surface area contributed by atoms with Crippen molar-refractivity contribution >= 4 is 5.97 Å². The molecule has 1 aliphatic heterocycles. The van der Waals surface area contributed by atoms with Crippen LogP contribution < -0.4 is 0 Å². The van der Waals surface area contributed by atoms with Crippen LogP contribution in [0, 0.1) is 5.92 Å². The lowest BCUT2D eigenvalue weighted by atomic mass is 9.77. The summed E-state index contributed by atoms with van der Waals surface area (Å²) in [6.45, 7) is 2.97. The molecule has 0 aromatic heterocycles. The van der Waals surface area contributed by atoms with Gasteiger partial charge in [0.05, 0.1) is 19.5 Å². The van der Waals surface area contributed by atoms with Crippen LogP contribution in [0.25, 0.3) is 0 Å². The second-order valence-electron chi connectivity index (χ2n) is 9.30. The highest BCUT2D eigenvalue weighted by Crippen LogP contribution is 2.37. The maximum absolute atomic E-state index is 13.3. The van der Waals surface area contributed by atoms with Gasteiger partial charge in [-0.3, -0.25) is 4.79 Å². The van der Waals surface area contributed by atoms with Gasteiger partial charge in [0.15, 0.2) is 6.10 Å². The molecule has 1 aliphatic carbocycles. The largest absolute Gasteiger partial charge is 0.456 e. The number of benzene rings is 2. The lowest BCUT2D eigenvalue weighted by molar-refractivity contribution is -0.912. The monoisotopic (exact) mass is 392 g/mol. The Bertz CT molecular complexity index is 785. The van der Waals surface area contributed by atoms with Crippen LogP contribution >= 0.6 is 0 Å². The number of hydrogen-bond donors (Lipinski definition) is 0. The van der Waals surface area contributed by atoms with E-state index in [2.05, 4.69) is 49.5 Å². The molecular formula is C26H34NO2+. The van der Waals surface area contributed by atoms with E-state index in [0.717, 1.165) is 48.9 Å². The van der Waals surface area contributed by atoms with Gasteiger partial charge >= 0.3 is 5.97 Å². The molecule has 2 fully saturated rings. The molecule has 3 nitrogen and oxygen atoms in total. The summed E-state index contributed by atoms with van der Waals surface area (Å²) >= 11 is 0. The molecule has 0 spiro atoms. The quantitative estimate of drug-likeness (QED) is 0.492. The standard InChI is InChI=1S/C26H34NO2/c1-27(19-21-11-5-2-6-12-21)18-17-24(20-27)29-26(28)25(22-13-7-3-8-14-22)23-15-9-4-10-16-23/h2-3,5-8,11-14,23-25H,4,9-10,15-20H2,1H3/q+1. The average molecular weight is 393 g/mol. The van der Waals surface area contributed by atoms with Crippen LogP contribution in [0.4, 0.5) is 0 Å². The van der Waals surface area contributed by atoms with E-state index in [-0.39, 0.29) is 18.0 Å². The number of nitrogens with zero attached hydrogens (tertiary/aromatic N) is 1. The Labute approximate surface area is 175 Å². The number of esters is 1. The number of carbonyl (C=O) groups is 1. The molecular weight excluding hydrogens is 358 g/mol. The molecule has 3 unspecified atom stereocenters. The van der Waals surface area contributed by atoms with E-state index in [4.69, 9.17) is 4.74 Å². The molecule has 2 aromatic rings. The minimum absolute atomic E-state index is 0.00117. The van der Waals surface area contributed by atoms with Crippen molar-refractivity contribution < 1.29 is 14.0 Å². The summed E-state index contributed by atoms with van der Waals surface area (Å²) in [5, 5.41) is 0. The smallest absolute Gasteiger partial charge is 0.314 e. The van der Waals surface area contributed by atoms with Crippen molar-refractivity contribution in [3.05, 3.63) is 71.8 Å². The second-order valence-corrected chi connectivity index (χ2v) is 9.30. The Kier molecular flexibility index (Phi) is 6.34. The Hall–Kier alpha value is -2.13.